The van der Waals surface area contributed by atoms with Gasteiger partial charge in [0.05, 0.1) is 12.3 Å². The minimum absolute atomic E-state index is 0.248. The quantitative estimate of drug-likeness (QED) is 0.529. The second-order valence-electron chi connectivity index (χ2n) is 6.42. The molecule has 1 unspecified atom stereocenters. The van der Waals surface area contributed by atoms with Gasteiger partial charge in [0, 0.05) is 30.1 Å². The number of methoxy groups -OCH3 is 1. The van der Waals surface area contributed by atoms with Gasteiger partial charge in [0.1, 0.15) is 17.4 Å². The van der Waals surface area contributed by atoms with E-state index < -0.39 is 0 Å². The second kappa shape index (κ2) is 9.65. The normalized spacial score (nSPS) is 12.1. The maximum absolute atomic E-state index is 5.60. The van der Waals surface area contributed by atoms with E-state index in [-0.39, 0.29) is 6.04 Å². The van der Waals surface area contributed by atoms with Gasteiger partial charge in [0.2, 0.25) is 0 Å². The van der Waals surface area contributed by atoms with Crippen LogP contribution in [0.25, 0.3) is 10.6 Å². The van der Waals surface area contributed by atoms with Crippen molar-refractivity contribution in [2.45, 2.75) is 26.4 Å². The fourth-order valence-corrected chi connectivity index (χ4v) is 3.92. The Balaban J connectivity index is 1.58. The first-order chi connectivity index (χ1) is 13.2. The van der Waals surface area contributed by atoms with E-state index in [9.17, 15) is 0 Å². The lowest BCUT2D eigenvalue weighted by Gasteiger charge is -2.13. The summed E-state index contributed by atoms with van der Waals surface area (Å²) in [5.41, 5.74) is 3.50. The molecule has 0 radical (unpaired) electrons. The van der Waals surface area contributed by atoms with Gasteiger partial charge in [-0.2, -0.15) is 0 Å². The van der Waals surface area contributed by atoms with E-state index in [0.29, 0.717) is 13.2 Å². The van der Waals surface area contributed by atoms with Crippen LogP contribution in [0.1, 0.15) is 29.1 Å². The Kier molecular flexibility index (Phi) is 6.98. The van der Waals surface area contributed by atoms with Crippen molar-refractivity contribution in [3.05, 3.63) is 70.7 Å². The van der Waals surface area contributed by atoms with E-state index in [0.717, 1.165) is 23.0 Å². The molecule has 0 bridgehead atoms. The van der Waals surface area contributed by atoms with Crippen molar-refractivity contribution in [1.29, 1.82) is 0 Å². The largest absolute Gasteiger partial charge is 0.491 e. The van der Waals surface area contributed by atoms with Gasteiger partial charge in [0.15, 0.2) is 0 Å². The molecule has 0 saturated heterocycles. The van der Waals surface area contributed by atoms with Gasteiger partial charge in [-0.05, 0) is 31.5 Å². The predicted molar refractivity (Wildman–Crippen MR) is 111 cm³/mol. The number of thiazole rings is 1. The molecule has 0 fully saturated rings. The zero-order chi connectivity index (χ0) is 19.1. The molecule has 0 spiro atoms. The van der Waals surface area contributed by atoms with Crippen LogP contribution in [0.4, 0.5) is 0 Å². The van der Waals surface area contributed by atoms with E-state index in [1.54, 1.807) is 18.4 Å². The molecular formula is C22H26N2O2S. The first-order valence-corrected chi connectivity index (χ1v) is 9.96. The van der Waals surface area contributed by atoms with Crippen molar-refractivity contribution in [3.63, 3.8) is 0 Å². The molecule has 2 aromatic carbocycles. The van der Waals surface area contributed by atoms with Gasteiger partial charge in [0.25, 0.3) is 0 Å². The average Bonchev–Trinajstić information content (AvgIpc) is 3.10. The smallest absolute Gasteiger partial charge is 0.123 e. The van der Waals surface area contributed by atoms with E-state index in [1.807, 2.05) is 18.2 Å². The zero-order valence-corrected chi connectivity index (χ0v) is 16.9. The number of aryl methyl sites for hydroxylation is 1. The van der Waals surface area contributed by atoms with Gasteiger partial charge >= 0.3 is 0 Å². The van der Waals surface area contributed by atoms with Crippen LogP contribution < -0.4 is 10.1 Å². The molecule has 1 N–H and O–H groups in total. The fraction of sp³-hybridized carbons (Fsp3) is 0.318. The van der Waals surface area contributed by atoms with Crippen molar-refractivity contribution >= 4 is 11.3 Å². The lowest BCUT2D eigenvalue weighted by Crippen LogP contribution is -2.17. The third kappa shape index (κ3) is 5.39. The summed E-state index contributed by atoms with van der Waals surface area (Å²) >= 11 is 1.76. The van der Waals surface area contributed by atoms with Gasteiger partial charge in [-0.1, -0.05) is 42.5 Å². The Bertz CT molecular complexity index is 831. The minimum atomic E-state index is 0.248. The zero-order valence-electron chi connectivity index (χ0n) is 16.1. The van der Waals surface area contributed by atoms with Crippen LogP contribution in [-0.4, -0.2) is 25.3 Å². The summed E-state index contributed by atoms with van der Waals surface area (Å²) in [4.78, 5) is 6.04. The number of benzene rings is 2. The summed E-state index contributed by atoms with van der Waals surface area (Å²) in [7, 11) is 1.67. The molecule has 0 aliphatic carbocycles. The third-order valence-corrected chi connectivity index (χ3v) is 5.73. The van der Waals surface area contributed by atoms with E-state index in [2.05, 4.69) is 55.6 Å². The van der Waals surface area contributed by atoms with Crippen LogP contribution in [0.3, 0.4) is 0 Å². The maximum atomic E-state index is 5.60. The average molecular weight is 383 g/mol. The highest BCUT2D eigenvalue weighted by atomic mass is 32.1. The molecule has 0 aliphatic rings. The molecule has 3 rings (SSSR count). The van der Waals surface area contributed by atoms with Crippen molar-refractivity contribution in [3.8, 4) is 16.3 Å². The first-order valence-electron chi connectivity index (χ1n) is 9.14. The lowest BCUT2D eigenvalue weighted by atomic mass is 10.2. The molecule has 142 valence electrons. The van der Waals surface area contributed by atoms with Gasteiger partial charge in [-0.25, -0.2) is 4.98 Å². The van der Waals surface area contributed by atoms with Crippen LogP contribution in [0, 0.1) is 6.92 Å². The number of nitrogens with one attached hydrogen (secondary N) is 1. The summed E-state index contributed by atoms with van der Waals surface area (Å²) in [6, 6.07) is 18.8. The van der Waals surface area contributed by atoms with Crippen LogP contribution in [0.2, 0.25) is 0 Å². The number of nitrogens with zero attached hydrogens (tertiary/aromatic N) is 1. The monoisotopic (exact) mass is 382 g/mol. The topological polar surface area (TPSA) is 43.4 Å². The molecule has 1 atom stereocenters. The highest BCUT2D eigenvalue weighted by Gasteiger charge is 2.15. The third-order valence-electron chi connectivity index (χ3n) is 4.34. The Morgan fingerprint density at radius 2 is 1.78 bits per heavy atom. The van der Waals surface area contributed by atoms with E-state index in [4.69, 9.17) is 14.5 Å². The number of hydrogen-bond donors (Lipinski definition) is 1. The second-order valence-corrected chi connectivity index (χ2v) is 7.45. The minimum Gasteiger partial charge on any atom is -0.491 e. The first kappa shape index (κ1) is 19.5. The van der Waals surface area contributed by atoms with Crippen LogP contribution in [-0.2, 0) is 11.3 Å². The maximum Gasteiger partial charge on any atom is 0.123 e. The molecule has 0 aliphatic heterocycles. The number of ether oxygens (including phenoxy) is 2. The van der Waals surface area contributed by atoms with Gasteiger partial charge in [-0.3, -0.25) is 0 Å². The number of rotatable bonds is 9. The molecule has 0 amide bonds. The SMILES string of the molecule is COCCOc1ccc(CNC(C)c2sc(-c3ccccc3)nc2C)cc1. The van der Waals surface area contributed by atoms with Crippen molar-refractivity contribution in [2.24, 2.45) is 0 Å². The van der Waals surface area contributed by atoms with E-state index >= 15 is 0 Å². The van der Waals surface area contributed by atoms with Gasteiger partial charge in [-0.15, -0.1) is 11.3 Å². The number of hydrogen-bond acceptors (Lipinski definition) is 5. The lowest BCUT2D eigenvalue weighted by molar-refractivity contribution is 0.146. The summed E-state index contributed by atoms with van der Waals surface area (Å²) in [6.45, 7) is 6.25. The fourth-order valence-electron chi connectivity index (χ4n) is 2.82. The summed E-state index contributed by atoms with van der Waals surface area (Å²) in [6.07, 6.45) is 0. The van der Waals surface area contributed by atoms with Crippen molar-refractivity contribution in [1.82, 2.24) is 10.3 Å². The van der Waals surface area contributed by atoms with Crippen molar-refractivity contribution < 1.29 is 9.47 Å². The Hall–Kier alpha value is -2.21. The summed E-state index contributed by atoms with van der Waals surface area (Å²) in [5.74, 6) is 0.870. The molecular weight excluding hydrogens is 356 g/mol. The Morgan fingerprint density at radius 3 is 2.48 bits per heavy atom. The summed E-state index contributed by atoms with van der Waals surface area (Å²) < 4.78 is 10.6. The van der Waals surface area contributed by atoms with Crippen LogP contribution in [0.5, 0.6) is 5.75 Å². The molecule has 1 aromatic heterocycles. The van der Waals surface area contributed by atoms with Gasteiger partial charge < -0.3 is 14.8 Å². The molecule has 27 heavy (non-hydrogen) atoms. The molecule has 5 heteroatoms. The molecule has 1 heterocycles. The van der Waals surface area contributed by atoms with Crippen LogP contribution in [0.15, 0.2) is 54.6 Å². The Labute approximate surface area is 165 Å². The Morgan fingerprint density at radius 1 is 1.04 bits per heavy atom. The highest BCUT2D eigenvalue weighted by molar-refractivity contribution is 7.15. The standard InChI is InChI=1S/C22H26N2O2S/c1-16(21-17(2)24-22(27-21)19-7-5-4-6-8-19)23-15-18-9-11-20(12-10-18)26-14-13-25-3/h4-12,16,23H,13-15H2,1-3H3. The van der Waals surface area contributed by atoms with Crippen molar-refractivity contribution in [2.75, 3.05) is 20.3 Å². The molecule has 3 aromatic rings. The number of aromatic nitrogens is 1. The van der Waals surface area contributed by atoms with Crippen LogP contribution >= 0.6 is 11.3 Å². The summed E-state index contributed by atoms with van der Waals surface area (Å²) in [5, 5.41) is 4.68. The molecule has 4 nitrogen and oxygen atoms in total. The predicted octanol–water partition coefficient (Wildman–Crippen LogP) is 4.99. The van der Waals surface area contributed by atoms with E-state index in [1.165, 1.54) is 16.0 Å². The molecule has 0 saturated carbocycles. The highest BCUT2D eigenvalue weighted by Crippen LogP contribution is 2.31.